The summed E-state index contributed by atoms with van der Waals surface area (Å²) in [7, 11) is -2.01. The quantitative estimate of drug-likeness (QED) is 0.157. The Labute approximate surface area is 274 Å². The summed E-state index contributed by atoms with van der Waals surface area (Å²) in [5, 5.41) is 0. The predicted molar refractivity (Wildman–Crippen MR) is 200 cm³/mol. The molecule has 1 heteroatoms. The topological polar surface area (TPSA) is 0 Å². The summed E-state index contributed by atoms with van der Waals surface area (Å²) in [5.41, 5.74) is 18.7. The second-order valence-corrected chi connectivity index (χ2v) is 19.8. The number of benzene rings is 4. The number of fused-ring (bicyclic) bond motifs is 2. The van der Waals surface area contributed by atoms with E-state index in [-0.39, 0.29) is 0 Å². The zero-order chi connectivity index (χ0) is 31.9. The fourth-order valence-corrected chi connectivity index (χ4v) is 13.2. The fourth-order valence-electron chi connectivity index (χ4n) is 8.49. The molecule has 0 heterocycles. The first-order valence-electron chi connectivity index (χ1n) is 17.5. The average Bonchev–Trinajstić information content (AvgIpc) is 3.58. The highest BCUT2D eigenvalue weighted by atomic mass is 28.3. The van der Waals surface area contributed by atoms with Crippen molar-refractivity contribution in [3.8, 4) is 22.3 Å². The highest BCUT2D eigenvalue weighted by Crippen LogP contribution is 2.56. The molecule has 2 unspecified atom stereocenters. The van der Waals surface area contributed by atoms with E-state index in [0.717, 1.165) is 25.7 Å². The zero-order valence-corrected chi connectivity index (χ0v) is 29.9. The molecule has 0 nitrogen and oxygen atoms in total. The molecule has 6 rings (SSSR count). The summed E-state index contributed by atoms with van der Waals surface area (Å²) in [6, 6.07) is 32.9. The van der Waals surface area contributed by atoms with E-state index in [1.807, 2.05) is 0 Å². The lowest BCUT2D eigenvalue weighted by molar-refractivity contribution is 0.623. The SMILES string of the molecule is CCc1ccc(-c2cccc3c2C=C(CC(C)C)C3[Si](C)(C)C2C(CC(C)C)=Cc3c(-c4ccc(CC)cc4)cccc32)cc1. The molecule has 45 heavy (non-hydrogen) atoms. The molecule has 0 amide bonds. The highest BCUT2D eigenvalue weighted by Gasteiger charge is 2.48. The molecule has 0 spiro atoms. The zero-order valence-electron chi connectivity index (χ0n) is 28.9. The number of aryl methyl sites for hydroxylation is 2. The molecule has 4 aromatic rings. The molecule has 4 aromatic carbocycles. The van der Waals surface area contributed by atoms with E-state index in [9.17, 15) is 0 Å². The van der Waals surface area contributed by atoms with Crippen molar-refractivity contribution >= 4 is 20.2 Å². The van der Waals surface area contributed by atoms with Crippen LogP contribution in [-0.2, 0) is 12.8 Å². The Morgan fingerprint density at radius 2 is 0.911 bits per heavy atom. The fraction of sp³-hybridized carbons (Fsp3) is 0.364. The van der Waals surface area contributed by atoms with Gasteiger partial charge in [-0.1, -0.05) is 163 Å². The molecule has 232 valence electrons. The lowest BCUT2D eigenvalue weighted by Gasteiger charge is -2.41. The van der Waals surface area contributed by atoms with Crippen LogP contribution in [0.15, 0.2) is 96.1 Å². The molecule has 0 aliphatic heterocycles. The standard InChI is InChI=1S/C44H52Si/c1-9-31-17-21-33(22-18-31)37-13-11-15-39-41(37)27-35(25-29(3)4)43(39)45(7,8)44-36(26-30(5)6)28-42-38(14-12-16-40(42)44)34-23-19-32(10-2)20-24-34/h11-24,27-30,43-44H,9-10,25-26H2,1-8H3. The number of hydrogen-bond donors (Lipinski definition) is 0. The largest absolute Gasteiger partial charge is 0.0722 e. The molecule has 0 saturated carbocycles. The minimum absolute atomic E-state index is 0.503. The van der Waals surface area contributed by atoms with Crippen molar-refractivity contribution in [1.29, 1.82) is 0 Å². The molecular weight excluding hydrogens is 557 g/mol. The maximum absolute atomic E-state index is 2.71. The molecule has 2 aliphatic rings. The third-order valence-electron chi connectivity index (χ3n) is 10.4. The van der Waals surface area contributed by atoms with Gasteiger partial charge in [0.1, 0.15) is 0 Å². The maximum Gasteiger partial charge on any atom is 0.0722 e. The van der Waals surface area contributed by atoms with Gasteiger partial charge in [-0.25, -0.2) is 0 Å². The summed E-state index contributed by atoms with van der Waals surface area (Å²) in [4.78, 5) is 0. The van der Waals surface area contributed by atoms with Crippen LogP contribution in [0.5, 0.6) is 0 Å². The Morgan fingerprint density at radius 1 is 0.533 bits per heavy atom. The number of rotatable bonds is 10. The lowest BCUT2D eigenvalue weighted by Crippen LogP contribution is -2.43. The van der Waals surface area contributed by atoms with Crippen LogP contribution < -0.4 is 0 Å². The molecular formula is C44H52Si. The smallest absolute Gasteiger partial charge is 0.0679 e. The minimum Gasteiger partial charge on any atom is -0.0679 e. The van der Waals surface area contributed by atoms with Gasteiger partial charge in [0.25, 0.3) is 0 Å². The van der Waals surface area contributed by atoms with Gasteiger partial charge in [0.05, 0.1) is 8.07 Å². The van der Waals surface area contributed by atoms with Crippen molar-refractivity contribution in [1.82, 2.24) is 0 Å². The molecule has 0 aromatic heterocycles. The molecule has 0 bridgehead atoms. The molecule has 0 N–H and O–H groups in total. The predicted octanol–water partition coefficient (Wildman–Crippen LogP) is 12.7. The summed E-state index contributed by atoms with van der Waals surface area (Å²) < 4.78 is 0. The van der Waals surface area contributed by atoms with Crippen LogP contribution in [0, 0.1) is 11.8 Å². The van der Waals surface area contributed by atoms with E-state index in [1.54, 1.807) is 22.3 Å². The van der Waals surface area contributed by atoms with E-state index in [0.29, 0.717) is 22.9 Å². The van der Waals surface area contributed by atoms with E-state index in [1.165, 1.54) is 44.5 Å². The monoisotopic (exact) mass is 608 g/mol. The summed E-state index contributed by atoms with van der Waals surface area (Å²) in [6.07, 6.45) is 9.71. The van der Waals surface area contributed by atoms with Crippen LogP contribution in [0.3, 0.4) is 0 Å². The van der Waals surface area contributed by atoms with Crippen molar-refractivity contribution < 1.29 is 0 Å². The van der Waals surface area contributed by atoms with Gasteiger partial charge in [-0.05, 0) is 93.2 Å². The molecule has 0 radical (unpaired) electrons. The van der Waals surface area contributed by atoms with Crippen LogP contribution in [0.2, 0.25) is 13.1 Å². The van der Waals surface area contributed by atoms with Crippen molar-refractivity contribution in [3.05, 3.63) is 129 Å². The maximum atomic E-state index is 2.71. The van der Waals surface area contributed by atoms with Gasteiger partial charge in [0.2, 0.25) is 0 Å². The second-order valence-electron chi connectivity index (χ2n) is 15.0. The third-order valence-corrected chi connectivity index (χ3v) is 14.8. The van der Waals surface area contributed by atoms with Crippen LogP contribution in [0.1, 0.15) is 98.8 Å². The van der Waals surface area contributed by atoms with Crippen molar-refractivity contribution in [2.24, 2.45) is 11.8 Å². The Hall–Kier alpha value is -3.42. The normalized spacial score (nSPS) is 17.5. The van der Waals surface area contributed by atoms with Crippen molar-refractivity contribution in [3.63, 3.8) is 0 Å². The molecule has 2 aliphatic carbocycles. The van der Waals surface area contributed by atoms with Crippen LogP contribution >= 0.6 is 0 Å². The van der Waals surface area contributed by atoms with Gasteiger partial charge in [0, 0.05) is 11.1 Å². The van der Waals surface area contributed by atoms with Gasteiger partial charge in [0.15, 0.2) is 0 Å². The Kier molecular flexibility index (Phi) is 8.95. The molecule has 2 atom stereocenters. The molecule has 0 saturated heterocycles. The average molecular weight is 609 g/mol. The first-order valence-corrected chi connectivity index (χ1v) is 20.6. The van der Waals surface area contributed by atoms with Crippen LogP contribution in [0.4, 0.5) is 0 Å². The number of hydrogen-bond acceptors (Lipinski definition) is 0. The van der Waals surface area contributed by atoms with E-state index < -0.39 is 8.07 Å². The lowest BCUT2D eigenvalue weighted by atomic mass is 9.95. The van der Waals surface area contributed by atoms with E-state index in [4.69, 9.17) is 0 Å². The number of allylic oxidation sites excluding steroid dienone is 2. The summed E-state index contributed by atoms with van der Waals surface area (Å²) >= 11 is 0. The van der Waals surface area contributed by atoms with Gasteiger partial charge in [-0.3, -0.25) is 0 Å². The van der Waals surface area contributed by atoms with Gasteiger partial charge >= 0.3 is 0 Å². The molecule has 0 fully saturated rings. The van der Waals surface area contributed by atoms with Crippen molar-refractivity contribution in [2.45, 2.75) is 91.4 Å². The first-order chi connectivity index (χ1) is 21.6. The Morgan fingerprint density at radius 3 is 1.24 bits per heavy atom. The minimum atomic E-state index is -2.01. The van der Waals surface area contributed by atoms with Crippen LogP contribution in [-0.4, -0.2) is 8.07 Å². The second kappa shape index (κ2) is 12.8. The summed E-state index contributed by atoms with van der Waals surface area (Å²) in [6.45, 7) is 19.5. The first kappa shape index (κ1) is 31.6. The van der Waals surface area contributed by atoms with Gasteiger partial charge < -0.3 is 0 Å². The van der Waals surface area contributed by atoms with Crippen molar-refractivity contribution in [2.75, 3.05) is 0 Å². The third kappa shape index (κ3) is 5.97. The van der Waals surface area contributed by atoms with E-state index in [2.05, 4.69) is 152 Å². The van der Waals surface area contributed by atoms with Gasteiger partial charge in [-0.15, -0.1) is 0 Å². The summed E-state index contributed by atoms with van der Waals surface area (Å²) in [5.74, 6) is 1.26. The van der Waals surface area contributed by atoms with Gasteiger partial charge in [-0.2, -0.15) is 0 Å². The van der Waals surface area contributed by atoms with Crippen LogP contribution in [0.25, 0.3) is 34.4 Å². The Balaban J connectivity index is 1.49. The highest BCUT2D eigenvalue weighted by molar-refractivity contribution is 6.81. The Bertz CT molecular complexity index is 1600. The van der Waals surface area contributed by atoms with E-state index >= 15 is 0 Å².